The van der Waals surface area contributed by atoms with Crippen LogP contribution in [-0.2, 0) is 14.8 Å². The van der Waals surface area contributed by atoms with E-state index < -0.39 is 9.05 Å². The van der Waals surface area contributed by atoms with Crippen LogP contribution in [0.3, 0.4) is 0 Å². The predicted octanol–water partition coefficient (Wildman–Crippen LogP) is 2.48. The Morgan fingerprint density at radius 3 is 2.71 bits per heavy atom. The third-order valence-electron chi connectivity index (χ3n) is 2.01. The van der Waals surface area contributed by atoms with E-state index in [0.29, 0.717) is 11.5 Å². The fourth-order valence-electron chi connectivity index (χ4n) is 1.42. The molecular formula is C9H9ClN2O3S2. The van der Waals surface area contributed by atoms with Crippen molar-refractivity contribution in [3.63, 3.8) is 0 Å². The highest BCUT2D eigenvalue weighted by molar-refractivity contribution is 8.13. The Bertz CT molecular complexity index is 645. The lowest BCUT2D eigenvalue weighted by atomic mass is 10.3. The number of aryl methyl sites for hydroxylation is 2. The second-order valence-corrected chi connectivity index (χ2v) is 7.49. The monoisotopic (exact) mass is 292 g/mol. The molecule has 0 unspecified atom stereocenters. The first-order valence-corrected chi connectivity index (χ1v) is 7.97. The zero-order chi connectivity index (χ0) is 12.6. The number of aromatic nitrogens is 2. The Balaban J connectivity index is 2.33. The van der Waals surface area contributed by atoms with Crippen molar-refractivity contribution < 1.29 is 12.9 Å². The summed E-state index contributed by atoms with van der Waals surface area (Å²) in [6, 6.07) is 1.57. The highest BCUT2D eigenvalue weighted by Crippen LogP contribution is 2.30. The molecule has 2 rings (SSSR count). The van der Waals surface area contributed by atoms with Crippen molar-refractivity contribution >= 4 is 31.1 Å². The largest absolute Gasteiger partial charge is 0.355 e. The number of hydrogen-bond donors (Lipinski definition) is 0. The summed E-state index contributed by atoms with van der Waals surface area (Å²) in [7, 11) is 1.53. The van der Waals surface area contributed by atoms with E-state index in [4.69, 9.17) is 15.2 Å². The molecule has 0 fully saturated rings. The summed E-state index contributed by atoms with van der Waals surface area (Å²) in [5.41, 5.74) is 1.13. The minimum absolute atomic E-state index is 0.292. The van der Waals surface area contributed by atoms with Gasteiger partial charge in [-0.1, -0.05) is 5.16 Å². The molecule has 0 aliphatic heterocycles. The molecule has 2 aromatic heterocycles. The lowest BCUT2D eigenvalue weighted by Crippen LogP contribution is -1.94. The van der Waals surface area contributed by atoms with Crippen LogP contribution in [0, 0.1) is 13.8 Å². The van der Waals surface area contributed by atoms with Crippen LogP contribution in [0.4, 0.5) is 0 Å². The normalized spacial score (nSPS) is 11.9. The van der Waals surface area contributed by atoms with Gasteiger partial charge in [0.15, 0.2) is 5.76 Å². The van der Waals surface area contributed by atoms with Crippen molar-refractivity contribution in [2.24, 2.45) is 0 Å². The molecule has 92 valence electrons. The molecular weight excluding hydrogens is 284 g/mol. The minimum Gasteiger partial charge on any atom is -0.355 e. The van der Waals surface area contributed by atoms with Gasteiger partial charge in [-0.2, -0.15) is 0 Å². The Kier molecular flexibility index (Phi) is 3.24. The van der Waals surface area contributed by atoms with Gasteiger partial charge in [0.05, 0.1) is 15.6 Å². The number of thiazole rings is 1. The van der Waals surface area contributed by atoms with Crippen molar-refractivity contribution in [1.29, 1.82) is 0 Å². The highest BCUT2D eigenvalue weighted by atomic mass is 35.7. The van der Waals surface area contributed by atoms with Gasteiger partial charge in [-0.3, -0.25) is 0 Å². The Morgan fingerprint density at radius 1 is 1.47 bits per heavy atom. The van der Waals surface area contributed by atoms with Gasteiger partial charge in [-0.15, -0.1) is 11.3 Å². The van der Waals surface area contributed by atoms with Crippen LogP contribution in [0.15, 0.2) is 10.6 Å². The van der Waals surface area contributed by atoms with Crippen LogP contribution in [0.2, 0.25) is 0 Å². The summed E-state index contributed by atoms with van der Waals surface area (Å²) in [4.78, 5) is 5.11. The number of rotatable bonds is 3. The second kappa shape index (κ2) is 4.40. The maximum Gasteiger partial charge on any atom is 0.238 e. The maximum absolute atomic E-state index is 10.9. The number of nitrogens with zero attached hydrogens (tertiary/aromatic N) is 2. The average molecular weight is 293 g/mol. The third kappa shape index (κ3) is 3.05. The van der Waals surface area contributed by atoms with Crippen LogP contribution in [0.25, 0.3) is 10.6 Å². The molecule has 8 heteroatoms. The van der Waals surface area contributed by atoms with E-state index in [0.717, 1.165) is 15.6 Å². The molecule has 0 amide bonds. The molecule has 5 nitrogen and oxygen atoms in total. The van der Waals surface area contributed by atoms with Gasteiger partial charge < -0.3 is 4.52 Å². The van der Waals surface area contributed by atoms with Gasteiger partial charge in [0.25, 0.3) is 0 Å². The van der Waals surface area contributed by atoms with Crippen LogP contribution in [-0.4, -0.2) is 18.6 Å². The van der Waals surface area contributed by atoms with Crippen molar-refractivity contribution in [3.8, 4) is 10.6 Å². The SMILES string of the molecule is Cc1nc(C)c(-c2cc(CS(=O)(=O)Cl)no2)s1. The van der Waals surface area contributed by atoms with Gasteiger partial charge in [-0.25, -0.2) is 13.4 Å². The summed E-state index contributed by atoms with van der Waals surface area (Å²) in [5, 5.41) is 4.59. The molecule has 17 heavy (non-hydrogen) atoms. The molecule has 0 bridgehead atoms. The maximum atomic E-state index is 10.9. The van der Waals surface area contributed by atoms with Crippen LogP contribution in [0.5, 0.6) is 0 Å². The zero-order valence-electron chi connectivity index (χ0n) is 9.10. The fraction of sp³-hybridized carbons (Fsp3) is 0.333. The Morgan fingerprint density at radius 2 is 2.18 bits per heavy atom. The lowest BCUT2D eigenvalue weighted by Gasteiger charge is -1.88. The molecule has 0 saturated carbocycles. The third-order valence-corrected chi connectivity index (χ3v) is 4.06. The molecule has 0 aliphatic rings. The van der Waals surface area contributed by atoms with Crippen molar-refractivity contribution in [2.45, 2.75) is 19.6 Å². The molecule has 2 aromatic rings. The van der Waals surface area contributed by atoms with Crippen LogP contribution in [0.1, 0.15) is 16.4 Å². The van der Waals surface area contributed by atoms with Gasteiger partial charge in [-0.05, 0) is 13.8 Å². The van der Waals surface area contributed by atoms with Crippen molar-refractivity contribution in [2.75, 3.05) is 0 Å². The van der Waals surface area contributed by atoms with Gasteiger partial charge in [0.1, 0.15) is 11.4 Å². The Hall–Kier alpha value is -0.920. The summed E-state index contributed by atoms with van der Waals surface area (Å²) < 4.78 is 26.9. The highest BCUT2D eigenvalue weighted by Gasteiger charge is 2.16. The summed E-state index contributed by atoms with van der Waals surface area (Å²) >= 11 is 1.47. The van der Waals surface area contributed by atoms with Gasteiger partial charge >= 0.3 is 0 Å². The van der Waals surface area contributed by atoms with E-state index in [1.54, 1.807) is 6.07 Å². The van der Waals surface area contributed by atoms with E-state index in [1.807, 2.05) is 13.8 Å². The first-order chi connectivity index (χ1) is 7.85. The minimum atomic E-state index is -3.61. The molecule has 2 heterocycles. The van der Waals surface area contributed by atoms with E-state index in [1.165, 1.54) is 11.3 Å². The van der Waals surface area contributed by atoms with Crippen molar-refractivity contribution in [1.82, 2.24) is 10.1 Å². The standard InChI is InChI=1S/C9H9ClN2O3S2/c1-5-9(16-6(2)11-5)8-3-7(12-15-8)4-17(10,13)14/h3H,4H2,1-2H3. The van der Waals surface area contributed by atoms with E-state index in [2.05, 4.69) is 10.1 Å². The quantitative estimate of drug-likeness (QED) is 0.813. The zero-order valence-corrected chi connectivity index (χ0v) is 11.5. The number of hydrogen-bond acceptors (Lipinski definition) is 6. The molecule has 0 aromatic carbocycles. The van der Waals surface area contributed by atoms with Gasteiger partial charge in [0, 0.05) is 16.7 Å². The van der Waals surface area contributed by atoms with Crippen LogP contribution >= 0.6 is 22.0 Å². The molecule has 0 aliphatic carbocycles. The molecule has 0 atom stereocenters. The van der Waals surface area contributed by atoms with E-state index >= 15 is 0 Å². The number of halogens is 1. The van der Waals surface area contributed by atoms with E-state index in [-0.39, 0.29) is 5.75 Å². The van der Waals surface area contributed by atoms with E-state index in [9.17, 15) is 8.42 Å². The summed E-state index contributed by atoms with van der Waals surface area (Å²) in [5.74, 6) is 0.179. The molecule has 0 saturated heterocycles. The van der Waals surface area contributed by atoms with Crippen molar-refractivity contribution in [3.05, 3.63) is 22.5 Å². The molecule has 0 radical (unpaired) electrons. The topological polar surface area (TPSA) is 73.1 Å². The second-order valence-electron chi connectivity index (χ2n) is 3.51. The molecule has 0 spiro atoms. The average Bonchev–Trinajstić information content (AvgIpc) is 2.70. The first kappa shape index (κ1) is 12.5. The first-order valence-electron chi connectivity index (χ1n) is 4.67. The van der Waals surface area contributed by atoms with Crippen LogP contribution < -0.4 is 0 Å². The summed E-state index contributed by atoms with van der Waals surface area (Å²) in [6.07, 6.45) is 0. The fourth-order valence-corrected chi connectivity index (χ4v) is 3.12. The molecule has 0 N–H and O–H groups in total. The Labute approximate surface area is 107 Å². The smallest absolute Gasteiger partial charge is 0.238 e. The lowest BCUT2D eigenvalue weighted by molar-refractivity contribution is 0.426. The summed E-state index contributed by atoms with van der Waals surface area (Å²) in [6.45, 7) is 3.75. The van der Waals surface area contributed by atoms with Gasteiger partial charge in [0.2, 0.25) is 9.05 Å². The predicted molar refractivity (Wildman–Crippen MR) is 65.6 cm³/mol.